The van der Waals surface area contributed by atoms with Crippen LogP contribution in [0.5, 0.6) is 0 Å². The molecule has 3 nitrogen and oxygen atoms in total. The molecule has 108 valence electrons. The van der Waals surface area contributed by atoms with E-state index in [1.165, 1.54) is 32.2 Å². The van der Waals surface area contributed by atoms with Gasteiger partial charge in [-0.3, -0.25) is 10.2 Å². The van der Waals surface area contributed by atoms with Crippen molar-refractivity contribution in [3.63, 3.8) is 0 Å². The van der Waals surface area contributed by atoms with Crippen LogP contribution in [0.3, 0.4) is 0 Å². The van der Waals surface area contributed by atoms with Crippen molar-refractivity contribution in [2.75, 3.05) is 19.6 Å². The van der Waals surface area contributed by atoms with Crippen LogP contribution in [0.4, 0.5) is 0 Å². The van der Waals surface area contributed by atoms with Crippen LogP contribution in [-0.4, -0.2) is 36.1 Å². The Kier molecular flexibility index (Phi) is 4.86. The predicted molar refractivity (Wildman–Crippen MR) is 78.8 cm³/mol. The monoisotopic (exact) mass is 263 g/mol. The van der Waals surface area contributed by atoms with Gasteiger partial charge in [0.25, 0.3) is 0 Å². The van der Waals surface area contributed by atoms with Gasteiger partial charge >= 0.3 is 0 Å². The molecule has 2 aliphatic rings. The van der Waals surface area contributed by atoms with Crippen LogP contribution in [0.1, 0.15) is 52.9 Å². The first kappa shape index (κ1) is 14.8. The summed E-state index contributed by atoms with van der Waals surface area (Å²) in [7, 11) is 0. The molecule has 0 aromatic heterocycles. The maximum absolute atomic E-state index is 9.76. The van der Waals surface area contributed by atoms with Gasteiger partial charge in [-0.25, -0.2) is 0 Å². The van der Waals surface area contributed by atoms with Crippen molar-refractivity contribution in [2.24, 2.45) is 11.8 Å². The average molecular weight is 263 g/mol. The maximum Gasteiger partial charge on any atom is 0.122 e. The highest BCUT2D eigenvalue weighted by atomic mass is 15.2. The lowest BCUT2D eigenvalue weighted by Crippen LogP contribution is -2.56. The Balaban J connectivity index is 2.05. The predicted octanol–water partition coefficient (Wildman–Crippen LogP) is 2.78. The molecular weight excluding hydrogens is 234 g/mol. The summed E-state index contributed by atoms with van der Waals surface area (Å²) >= 11 is 0. The Morgan fingerprint density at radius 3 is 2.63 bits per heavy atom. The van der Waals surface area contributed by atoms with Crippen molar-refractivity contribution in [2.45, 2.75) is 64.5 Å². The number of nitriles is 1. The lowest BCUT2D eigenvalue weighted by atomic mass is 9.92. The fourth-order valence-electron chi connectivity index (χ4n) is 3.54. The minimum atomic E-state index is -0.284. The van der Waals surface area contributed by atoms with Gasteiger partial charge in [-0.15, -0.1) is 0 Å². The van der Waals surface area contributed by atoms with Gasteiger partial charge in [0.1, 0.15) is 5.54 Å². The molecule has 0 aromatic rings. The molecule has 1 saturated heterocycles. The third-order valence-electron chi connectivity index (χ3n) is 4.80. The number of hydrogen-bond donors (Lipinski definition) is 1. The number of hydrogen-bond acceptors (Lipinski definition) is 3. The van der Waals surface area contributed by atoms with E-state index in [9.17, 15) is 5.26 Å². The molecule has 0 spiro atoms. The zero-order valence-electron chi connectivity index (χ0n) is 12.8. The summed E-state index contributed by atoms with van der Waals surface area (Å²) in [6.45, 7) is 9.87. The van der Waals surface area contributed by atoms with E-state index in [0.29, 0.717) is 17.9 Å². The van der Waals surface area contributed by atoms with Crippen molar-refractivity contribution < 1.29 is 0 Å². The first-order valence-electron chi connectivity index (χ1n) is 8.03. The fourth-order valence-corrected chi connectivity index (χ4v) is 3.54. The molecule has 2 atom stereocenters. The van der Waals surface area contributed by atoms with Gasteiger partial charge in [0, 0.05) is 12.6 Å². The molecular formula is C16H29N3. The summed E-state index contributed by atoms with van der Waals surface area (Å²) in [6, 6.07) is 3.32. The van der Waals surface area contributed by atoms with Gasteiger partial charge in [-0.05, 0) is 57.0 Å². The van der Waals surface area contributed by atoms with E-state index in [1.54, 1.807) is 0 Å². The first-order valence-corrected chi connectivity index (χ1v) is 8.03. The molecule has 1 aliphatic heterocycles. The second-order valence-corrected chi connectivity index (χ2v) is 6.71. The Bertz CT molecular complexity index is 329. The number of likely N-dealkylation sites (tertiary alicyclic amines) is 1. The summed E-state index contributed by atoms with van der Waals surface area (Å²) in [5.41, 5.74) is -0.284. The molecule has 2 unspecified atom stereocenters. The fraction of sp³-hybridized carbons (Fsp3) is 0.938. The van der Waals surface area contributed by atoms with Gasteiger partial charge in [0.15, 0.2) is 0 Å². The molecule has 1 heterocycles. The standard InChI is InChI=1S/C16H29N3/c1-4-9-18-16(11-17,14-7-8-14)12-19-10-5-6-15(19)13(2)3/h13-15,18H,4-10,12H2,1-3H3. The van der Waals surface area contributed by atoms with Crippen LogP contribution in [0.2, 0.25) is 0 Å². The second-order valence-electron chi connectivity index (χ2n) is 6.71. The summed E-state index contributed by atoms with van der Waals surface area (Å²) < 4.78 is 0. The Labute approximate surface area is 118 Å². The van der Waals surface area contributed by atoms with Gasteiger partial charge in [0.05, 0.1) is 6.07 Å². The van der Waals surface area contributed by atoms with Gasteiger partial charge in [-0.1, -0.05) is 20.8 Å². The lowest BCUT2D eigenvalue weighted by molar-refractivity contribution is 0.154. The van der Waals surface area contributed by atoms with E-state index < -0.39 is 0 Å². The largest absolute Gasteiger partial charge is 0.298 e. The molecule has 2 fully saturated rings. The molecule has 0 aromatic carbocycles. The van der Waals surface area contributed by atoms with E-state index in [1.807, 2.05) is 0 Å². The van der Waals surface area contributed by atoms with Crippen LogP contribution in [0.15, 0.2) is 0 Å². The second kappa shape index (κ2) is 6.24. The van der Waals surface area contributed by atoms with E-state index in [2.05, 4.69) is 37.1 Å². The van der Waals surface area contributed by atoms with E-state index >= 15 is 0 Å². The summed E-state index contributed by atoms with van der Waals surface area (Å²) in [6.07, 6.45) is 6.15. The molecule has 3 heteroatoms. The van der Waals surface area contributed by atoms with Crippen LogP contribution >= 0.6 is 0 Å². The highest BCUT2D eigenvalue weighted by Gasteiger charge is 2.47. The van der Waals surface area contributed by atoms with Gasteiger partial charge in [-0.2, -0.15) is 5.26 Å². The van der Waals surface area contributed by atoms with Gasteiger partial charge in [0.2, 0.25) is 0 Å². The van der Waals surface area contributed by atoms with Crippen molar-refractivity contribution in [3.8, 4) is 6.07 Å². The molecule has 1 saturated carbocycles. The van der Waals surface area contributed by atoms with Crippen molar-refractivity contribution in [3.05, 3.63) is 0 Å². The SMILES string of the molecule is CCCNC(C#N)(CN1CCCC1C(C)C)C1CC1. The quantitative estimate of drug-likeness (QED) is 0.767. The average Bonchev–Trinajstić information content (AvgIpc) is 3.15. The maximum atomic E-state index is 9.76. The Morgan fingerprint density at radius 2 is 2.11 bits per heavy atom. The van der Waals surface area contributed by atoms with E-state index in [0.717, 1.165) is 19.5 Å². The zero-order valence-corrected chi connectivity index (χ0v) is 12.8. The van der Waals surface area contributed by atoms with Crippen molar-refractivity contribution in [1.82, 2.24) is 10.2 Å². The summed E-state index contributed by atoms with van der Waals surface area (Å²) in [5.74, 6) is 1.28. The van der Waals surface area contributed by atoms with E-state index in [-0.39, 0.29) is 5.54 Å². The van der Waals surface area contributed by atoms with Crippen LogP contribution in [-0.2, 0) is 0 Å². The highest BCUT2D eigenvalue weighted by molar-refractivity contribution is 5.17. The highest BCUT2D eigenvalue weighted by Crippen LogP contribution is 2.41. The topological polar surface area (TPSA) is 39.1 Å². The van der Waals surface area contributed by atoms with Gasteiger partial charge < -0.3 is 0 Å². The molecule has 1 aliphatic carbocycles. The Hall–Kier alpha value is -0.590. The van der Waals surface area contributed by atoms with Crippen LogP contribution in [0, 0.1) is 23.2 Å². The molecule has 0 radical (unpaired) electrons. The minimum Gasteiger partial charge on any atom is -0.298 e. The zero-order chi connectivity index (χ0) is 13.9. The molecule has 19 heavy (non-hydrogen) atoms. The third kappa shape index (κ3) is 3.30. The third-order valence-corrected chi connectivity index (χ3v) is 4.80. The number of nitrogens with one attached hydrogen (secondary N) is 1. The lowest BCUT2D eigenvalue weighted by Gasteiger charge is -2.36. The molecule has 1 N–H and O–H groups in total. The van der Waals surface area contributed by atoms with E-state index in [4.69, 9.17) is 0 Å². The van der Waals surface area contributed by atoms with Crippen LogP contribution < -0.4 is 5.32 Å². The number of nitrogens with zero attached hydrogens (tertiary/aromatic N) is 2. The Morgan fingerprint density at radius 1 is 1.37 bits per heavy atom. The normalized spacial score (nSPS) is 27.4. The molecule has 0 amide bonds. The smallest absolute Gasteiger partial charge is 0.122 e. The van der Waals surface area contributed by atoms with Crippen LogP contribution in [0.25, 0.3) is 0 Å². The summed E-state index contributed by atoms with van der Waals surface area (Å²) in [4.78, 5) is 2.58. The van der Waals surface area contributed by atoms with Crippen molar-refractivity contribution in [1.29, 1.82) is 5.26 Å². The minimum absolute atomic E-state index is 0.284. The first-order chi connectivity index (χ1) is 9.13. The molecule has 0 bridgehead atoms. The number of rotatable bonds is 7. The summed E-state index contributed by atoms with van der Waals surface area (Å²) in [5, 5.41) is 13.3. The van der Waals surface area contributed by atoms with Crippen molar-refractivity contribution >= 4 is 0 Å². The molecule has 2 rings (SSSR count).